The lowest BCUT2D eigenvalue weighted by Gasteiger charge is -2.61. The van der Waals surface area contributed by atoms with Crippen molar-refractivity contribution in [1.29, 1.82) is 0 Å². The first-order valence-corrected chi connectivity index (χ1v) is 17.8. The van der Waals surface area contributed by atoms with E-state index in [2.05, 4.69) is 41.5 Å². The fourth-order valence-corrected chi connectivity index (χ4v) is 11.2. The van der Waals surface area contributed by atoms with Gasteiger partial charge in [-0.2, -0.15) is 0 Å². The van der Waals surface area contributed by atoms with Crippen molar-refractivity contribution in [3.8, 4) is 11.5 Å². The summed E-state index contributed by atoms with van der Waals surface area (Å²) < 4.78 is 11.2. The molecular formula is C39H60O4. The number of methoxy groups -OCH3 is 1. The largest absolute Gasteiger partial charge is 0.504 e. The van der Waals surface area contributed by atoms with Crippen molar-refractivity contribution in [3.05, 3.63) is 29.8 Å². The van der Waals surface area contributed by atoms with E-state index in [1.54, 1.807) is 24.3 Å². The average Bonchev–Trinajstić information content (AvgIpc) is 3.34. The zero-order valence-corrected chi connectivity index (χ0v) is 28.2. The fraction of sp³-hybridized carbons (Fsp3) is 0.769. The van der Waals surface area contributed by atoms with Crippen LogP contribution in [0.15, 0.2) is 24.3 Å². The Bertz CT molecular complexity index is 1140. The highest BCUT2D eigenvalue weighted by atomic mass is 16.5. The van der Waals surface area contributed by atoms with Gasteiger partial charge >= 0.3 is 5.97 Å². The highest BCUT2D eigenvalue weighted by molar-refractivity contribution is 5.87. The molecule has 0 radical (unpaired) electrons. The predicted octanol–water partition coefficient (Wildman–Crippen LogP) is 10.1. The molecule has 0 bridgehead atoms. The summed E-state index contributed by atoms with van der Waals surface area (Å²) in [6.07, 6.45) is 19.0. The van der Waals surface area contributed by atoms with E-state index in [-0.39, 0.29) is 17.8 Å². The molecule has 4 heteroatoms. The Morgan fingerprint density at radius 2 is 1.74 bits per heavy atom. The maximum absolute atomic E-state index is 12.8. The minimum Gasteiger partial charge on any atom is -0.504 e. The minimum absolute atomic E-state index is 0.0180. The summed E-state index contributed by atoms with van der Waals surface area (Å²) >= 11 is 0. The van der Waals surface area contributed by atoms with Crippen LogP contribution in [0.4, 0.5) is 0 Å². The van der Waals surface area contributed by atoms with E-state index in [4.69, 9.17) is 9.47 Å². The molecule has 1 N–H and O–H groups in total. The van der Waals surface area contributed by atoms with Crippen molar-refractivity contribution < 1.29 is 19.4 Å². The first kappa shape index (κ1) is 32.4. The third-order valence-corrected chi connectivity index (χ3v) is 13.7. The van der Waals surface area contributed by atoms with Crippen LogP contribution in [0.1, 0.15) is 124 Å². The van der Waals surface area contributed by atoms with E-state index in [9.17, 15) is 9.90 Å². The number of fused-ring (bicyclic) bond motifs is 5. The number of phenolic OH excluding ortho intramolecular Hbond substituents is 1. The number of hydrogen-bond donors (Lipinski definition) is 1. The fourth-order valence-electron chi connectivity index (χ4n) is 11.2. The normalized spacial score (nSPS) is 36.9. The Morgan fingerprint density at radius 3 is 2.47 bits per heavy atom. The second-order valence-corrected chi connectivity index (χ2v) is 16.0. The summed E-state index contributed by atoms with van der Waals surface area (Å²) in [4.78, 5) is 12.8. The number of aromatic hydroxyl groups is 1. The first-order valence-electron chi connectivity index (χ1n) is 17.8. The number of phenols is 1. The van der Waals surface area contributed by atoms with E-state index in [0.29, 0.717) is 22.5 Å². The Hall–Kier alpha value is -1.97. The third kappa shape index (κ3) is 6.41. The second-order valence-electron chi connectivity index (χ2n) is 16.0. The third-order valence-electron chi connectivity index (χ3n) is 13.7. The molecule has 1 aromatic rings. The molecule has 4 fully saturated rings. The number of benzene rings is 1. The number of ether oxygens (including phenoxy) is 2. The van der Waals surface area contributed by atoms with Crippen LogP contribution >= 0.6 is 0 Å². The molecule has 0 aliphatic heterocycles. The number of esters is 1. The zero-order chi connectivity index (χ0) is 30.9. The molecule has 0 spiro atoms. The van der Waals surface area contributed by atoms with Crippen molar-refractivity contribution in [1.82, 2.24) is 0 Å². The van der Waals surface area contributed by atoms with Crippen molar-refractivity contribution in [2.75, 3.05) is 7.11 Å². The number of rotatable bonds is 10. The SMILES string of the molecule is CC[C@H](CC[C@@H](C)[C@H]1CC[C@H]2[C@@H]3CCC4CC(OC(=O)C=Cc5ccc(O)c(OC)c5)CC[C@]4(C)[C@H]3CC[C@]12C)C(C)C. The van der Waals surface area contributed by atoms with Crippen LogP contribution < -0.4 is 4.74 Å². The zero-order valence-electron chi connectivity index (χ0n) is 28.2. The van der Waals surface area contributed by atoms with Crippen LogP contribution in [0.2, 0.25) is 0 Å². The van der Waals surface area contributed by atoms with Crippen molar-refractivity contribution in [2.24, 2.45) is 58.2 Å². The van der Waals surface area contributed by atoms with E-state index in [0.717, 1.165) is 59.8 Å². The summed E-state index contributed by atoms with van der Waals surface area (Å²) in [6, 6.07) is 5.07. The molecule has 240 valence electrons. The molecule has 10 atom stereocenters. The molecule has 4 aliphatic rings. The molecule has 1 aromatic carbocycles. The van der Waals surface area contributed by atoms with Crippen molar-refractivity contribution in [3.63, 3.8) is 0 Å². The summed E-state index contributed by atoms with van der Waals surface area (Å²) in [5, 5.41) is 9.83. The molecule has 0 saturated heterocycles. The topological polar surface area (TPSA) is 55.8 Å². The Balaban J connectivity index is 1.17. The van der Waals surface area contributed by atoms with Gasteiger partial charge in [0.1, 0.15) is 6.10 Å². The van der Waals surface area contributed by atoms with Crippen LogP contribution in [0.3, 0.4) is 0 Å². The van der Waals surface area contributed by atoms with Crippen LogP contribution in [0.25, 0.3) is 6.08 Å². The summed E-state index contributed by atoms with van der Waals surface area (Å²) in [5.41, 5.74) is 1.72. The molecular weight excluding hydrogens is 532 g/mol. The molecule has 4 nitrogen and oxygen atoms in total. The Kier molecular flexibility index (Phi) is 9.94. The van der Waals surface area contributed by atoms with Crippen LogP contribution in [-0.4, -0.2) is 24.3 Å². The van der Waals surface area contributed by atoms with Gasteiger partial charge in [0.25, 0.3) is 0 Å². The van der Waals surface area contributed by atoms with Crippen molar-refractivity contribution >= 4 is 12.0 Å². The molecule has 5 rings (SSSR count). The lowest BCUT2D eigenvalue weighted by Crippen LogP contribution is -2.54. The van der Waals surface area contributed by atoms with Gasteiger partial charge in [0, 0.05) is 6.08 Å². The molecule has 0 heterocycles. The van der Waals surface area contributed by atoms with Gasteiger partial charge in [0.2, 0.25) is 0 Å². The quantitative estimate of drug-likeness (QED) is 0.217. The van der Waals surface area contributed by atoms with Gasteiger partial charge in [0.15, 0.2) is 11.5 Å². The Morgan fingerprint density at radius 1 is 1.00 bits per heavy atom. The van der Waals surface area contributed by atoms with E-state index >= 15 is 0 Å². The molecule has 43 heavy (non-hydrogen) atoms. The van der Waals surface area contributed by atoms with Crippen LogP contribution in [-0.2, 0) is 9.53 Å². The van der Waals surface area contributed by atoms with Gasteiger partial charge in [0.05, 0.1) is 7.11 Å². The lowest BCUT2D eigenvalue weighted by molar-refractivity contribution is -0.157. The Labute approximate surface area is 262 Å². The summed E-state index contributed by atoms with van der Waals surface area (Å²) in [7, 11) is 1.52. The summed E-state index contributed by atoms with van der Waals surface area (Å²) in [5.74, 6) is 6.95. The van der Waals surface area contributed by atoms with Gasteiger partial charge < -0.3 is 14.6 Å². The van der Waals surface area contributed by atoms with Crippen molar-refractivity contribution in [2.45, 2.75) is 125 Å². The van der Waals surface area contributed by atoms with Crippen LogP contribution in [0, 0.1) is 58.2 Å². The molecule has 4 aliphatic carbocycles. The number of hydrogen-bond acceptors (Lipinski definition) is 4. The maximum Gasteiger partial charge on any atom is 0.331 e. The summed E-state index contributed by atoms with van der Waals surface area (Å²) in [6.45, 7) is 15.1. The van der Waals surface area contributed by atoms with Gasteiger partial charge in [-0.05, 0) is 146 Å². The van der Waals surface area contributed by atoms with Gasteiger partial charge in [-0.25, -0.2) is 4.79 Å². The minimum atomic E-state index is -0.271. The molecule has 0 amide bonds. The predicted molar refractivity (Wildman–Crippen MR) is 176 cm³/mol. The van der Waals surface area contributed by atoms with Crippen LogP contribution in [0.5, 0.6) is 11.5 Å². The molecule has 4 saturated carbocycles. The number of carbonyl (C=O) groups excluding carboxylic acids is 1. The van der Waals surface area contributed by atoms with Gasteiger partial charge in [-0.3, -0.25) is 0 Å². The van der Waals surface area contributed by atoms with E-state index < -0.39 is 0 Å². The average molecular weight is 593 g/mol. The molecule has 0 aromatic heterocycles. The lowest BCUT2D eigenvalue weighted by atomic mass is 9.44. The molecule has 2 unspecified atom stereocenters. The van der Waals surface area contributed by atoms with Gasteiger partial charge in [-0.1, -0.05) is 60.5 Å². The van der Waals surface area contributed by atoms with Gasteiger partial charge in [-0.15, -0.1) is 0 Å². The second kappa shape index (κ2) is 13.2. The van der Waals surface area contributed by atoms with E-state index in [1.165, 1.54) is 77.4 Å². The maximum atomic E-state index is 12.8. The standard InChI is InChI=1S/C39H60O4/c1-8-28(25(2)3)12-9-26(4)32-15-16-33-31-14-13-29-24-30(19-21-38(29,5)34(31)20-22-39(32,33)6)43-37(41)18-11-27-10-17-35(40)36(23-27)42-7/h10-11,17-18,23,25-26,28-34,40H,8-9,12-16,19-22,24H2,1-7H3/t26-,28-,29?,30?,31+,32-,33+,34+,38+,39-/m1/s1. The smallest absolute Gasteiger partial charge is 0.331 e. The van der Waals surface area contributed by atoms with E-state index in [1.807, 2.05) is 0 Å². The number of carbonyl (C=O) groups is 1. The first-order chi connectivity index (χ1) is 20.5. The monoisotopic (exact) mass is 592 g/mol. The highest BCUT2D eigenvalue weighted by Gasteiger charge is 2.60. The highest BCUT2D eigenvalue weighted by Crippen LogP contribution is 2.68.